The van der Waals surface area contributed by atoms with Crippen LogP contribution in [-0.2, 0) is 0 Å². The Morgan fingerprint density at radius 2 is 2.46 bits per heavy atom. The van der Waals surface area contributed by atoms with Gasteiger partial charge in [0.15, 0.2) is 11.5 Å². The highest BCUT2D eigenvalue weighted by Gasteiger charge is 2.13. The molecule has 0 amide bonds. The van der Waals surface area contributed by atoms with E-state index in [2.05, 4.69) is 24.9 Å². The molecule has 2 N–H and O–H groups in total. The summed E-state index contributed by atoms with van der Waals surface area (Å²) in [5.74, 6) is -1.03. The molecule has 2 aromatic rings. The van der Waals surface area contributed by atoms with Gasteiger partial charge in [-0.1, -0.05) is 5.16 Å². The summed E-state index contributed by atoms with van der Waals surface area (Å²) in [5, 5.41) is 18.1. The lowest BCUT2D eigenvalue weighted by Gasteiger charge is -1.80. The SMILES string of the molecule is O=C(O)c1cc(-c2ncn[nH]2)no1. The number of H-pyrrole nitrogens is 1. The van der Waals surface area contributed by atoms with Crippen LogP contribution in [0.2, 0.25) is 0 Å². The van der Waals surface area contributed by atoms with Gasteiger partial charge in [-0.15, -0.1) is 0 Å². The molecule has 0 aliphatic carbocycles. The molecule has 7 heteroatoms. The van der Waals surface area contributed by atoms with Gasteiger partial charge in [0.2, 0.25) is 5.76 Å². The van der Waals surface area contributed by atoms with Crippen LogP contribution in [0.1, 0.15) is 10.6 Å². The number of aromatic nitrogens is 4. The summed E-state index contributed by atoms with van der Waals surface area (Å²) >= 11 is 0. The van der Waals surface area contributed by atoms with Gasteiger partial charge in [0.25, 0.3) is 0 Å². The Labute approximate surface area is 71.4 Å². The predicted octanol–water partition coefficient (Wildman–Crippen LogP) is 0.158. The van der Waals surface area contributed by atoms with E-state index in [0.717, 1.165) is 0 Å². The molecule has 0 aliphatic heterocycles. The maximum atomic E-state index is 10.4. The minimum absolute atomic E-state index is 0.230. The van der Waals surface area contributed by atoms with Crippen LogP contribution in [0.25, 0.3) is 11.5 Å². The molecule has 7 nitrogen and oxygen atoms in total. The van der Waals surface area contributed by atoms with E-state index in [4.69, 9.17) is 5.11 Å². The monoisotopic (exact) mass is 180 g/mol. The Hall–Kier alpha value is -2.18. The lowest BCUT2D eigenvalue weighted by molar-refractivity contribution is 0.0652. The van der Waals surface area contributed by atoms with E-state index in [0.29, 0.717) is 11.5 Å². The van der Waals surface area contributed by atoms with Crippen molar-refractivity contribution in [3.05, 3.63) is 18.2 Å². The molecule has 0 saturated carbocycles. The highest BCUT2D eigenvalue weighted by Crippen LogP contribution is 2.13. The number of carboxylic acid groups (broad SMARTS) is 1. The number of nitrogens with zero attached hydrogens (tertiary/aromatic N) is 3. The molecule has 0 bridgehead atoms. The van der Waals surface area contributed by atoms with Crippen molar-refractivity contribution in [3.63, 3.8) is 0 Å². The summed E-state index contributed by atoms with van der Waals surface area (Å²) in [5.41, 5.74) is 0.315. The molecule has 13 heavy (non-hydrogen) atoms. The highest BCUT2D eigenvalue weighted by molar-refractivity contribution is 5.85. The average molecular weight is 180 g/mol. The van der Waals surface area contributed by atoms with Gasteiger partial charge in [0.1, 0.15) is 6.33 Å². The molecule has 0 saturated heterocycles. The van der Waals surface area contributed by atoms with Gasteiger partial charge < -0.3 is 9.63 Å². The topological polar surface area (TPSA) is 105 Å². The molecule has 0 atom stereocenters. The first-order chi connectivity index (χ1) is 6.27. The maximum absolute atomic E-state index is 10.4. The molecule has 2 heterocycles. The second-order valence-electron chi connectivity index (χ2n) is 2.22. The van der Waals surface area contributed by atoms with Crippen LogP contribution in [0, 0.1) is 0 Å². The molecule has 66 valence electrons. The van der Waals surface area contributed by atoms with Crippen LogP contribution in [-0.4, -0.2) is 31.4 Å². The van der Waals surface area contributed by atoms with Crippen molar-refractivity contribution >= 4 is 5.97 Å². The number of rotatable bonds is 2. The van der Waals surface area contributed by atoms with Crippen LogP contribution >= 0.6 is 0 Å². The molecule has 0 fully saturated rings. The van der Waals surface area contributed by atoms with Crippen molar-refractivity contribution < 1.29 is 14.4 Å². The summed E-state index contributed by atoms with van der Waals surface area (Å²) in [6, 6.07) is 1.27. The van der Waals surface area contributed by atoms with Crippen molar-refractivity contribution in [2.24, 2.45) is 0 Å². The van der Waals surface area contributed by atoms with Crippen molar-refractivity contribution in [1.29, 1.82) is 0 Å². The molecule has 2 rings (SSSR count). The third kappa shape index (κ3) is 1.26. The van der Waals surface area contributed by atoms with E-state index < -0.39 is 5.97 Å². The number of carboxylic acids is 1. The van der Waals surface area contributed by atoms with Gasteiger partial charge in [0.05, 0.1) is 0 Å². The number of aromatic carboxylic acids is 1. The van der Waals surface area contributed by atoms with Crippen LogP contribution in [0.3, 0.4) is 0 Å². The van der Waals surface area contributed by atoms with Gasteiger partial charge in [-0.3, -0.25) is 5.10 Å². The zero-order chi connectivity index (χ0) is 9.26. The average Bonchev–Trinajstić information content (AvgIpc) is 2.75. The van der Waals surface area contributed by atoms with E-state index >= 15 is 0 Å². The third-order valence-electron chi connectivity index (χ3n) is 1.38. The third-order valence-corrected chi connectivity index (χ3v) is 1.38. The fourth-order valence-corrected chi connectivity index (χ4v) is 0.816. The van der Waals surface area contributed by atoms with Gasteiger partial charge in [-0.05, 0) is 0 Å². The first-order valence-electron chi connectivity index (χ1n) is 3.33. The van der Waals surface area contributed by atoms with Crippen molar-refractivity contribution in [2.45, 2.75) is 0 Å². The number of hydrogen-bond donors (Lipinski definition) is 2. The maximum Gasteiger partial charge on any atom is 0.374 e. The molecule has 0 aliphatic rings. The lowest BCUT2D eigenvalue weighted by atomic mass is 10.3. The van der Waals surface area contributed by atoms with Crippen molar-refractivity contribution in [1.82, 2.24) is 20.3 Å². The molecular formula is C6H4N4O3. The molecular weight excluding hydrogens is 176 g/mol. The van der Waals surface area contributed by atoms with E-state index in [1.165, 1.54) is 12.4 Å². The minimum atomic E-state index is -1.17. The van der Waals surface area contributed by atoms with Gasteiger partial charge in [0, 0.05) is 6.07 Å². The first kappa shape index (κ1) is 7.47. The Balaban J connectivity index is 2.39. The van der Waals surface area contributed by atoms with Crippen LogP contribution in [0.5, 0.6) is 0 Å². The zero-order valence-electron chi connectivity index (χ0n) is 6.26. The number of hydrogen-bond acceptors (Lipinski definition) is 5. The normalized spacial score (nSPS) is 10.2. The fraction of sp³-hybridized carbons (Fsp3) is 0. The number of nitrogens with one attached hydrogen (secondary N) is 1. The first-order valence-corrected chi connectivity index (χ1v) is 3.33. The van der Waals surface area contributed by atoms with Gasteiger partial charge in [-0.2, -0.15) is 5.10 Å². The predicted molar refractivity (Wildman–Crippen MR) is 38.8 cm³/mol. The standard InChI is InChI=1S/C6H4N4O3/c11-6(12)4-1-3(10-13-4)5-7-2-8-9-5/h1-2H,(H,11,12)(H,7,8,9). The number of aromatic amines is 1. The second-order valence-corrected chi connectivity index (χ2v) is 2.22. The summed E-state index contributed by atoms with van der Waals surface area (Å²) in [7, 11) is 0. The van der Waals surface area contributed by atoms with Crippen LogP contribution < -0.4 is 0 Å². The zero-order valence-corrected chi connectivity index (χ0v) is 6.26. The van der Waals surface area contributed by atoms with Crippen LogP contribution in [0.15, 0.2) is 16.9 Å². The highest BCUT2D eigenvalue weighted by atomic mass is 16.5. The van der Waals surface area contributed by atoms with E-state index in [1.807, 2.05) is 0 Å². The van der Waals surface area contributed by atoms with Gasteiger partial charge in [-0.25, -0.2) is 9.78 Å². The minimum Gasteiger partial charge on any atom is -0.475 e. The molecule has 0 spiro atoms. The molecule has 2 aromatic heterocycles. The van der Waals surface area contributed by atoms with E-state index in [-0.39, 0.29) is 5.76 Å². The smallest absolute Gasteiger partial charge is 0.374 e. The van der Waals surface area contributed by atoms with Crippen molar-refractivity contribution in [2.75, 3.05) is 0 Å². The Kier molecular flexibility index (Phi) is 1.55. The lowest BCUT2D eigenvalue weighted by Crippen LogP contribution is -1.91. The molecule has 0 aromatic carbocycles. The summed E-state index contributed by atoms with van der Waals surface area (Å²) in [6.07, 6.45) is 1.30. The van der Waals surface area contributed by atoms with E-state index in [9.17, 15) is 4.79 Å². The van der Waals surface area contributed by atoms with E-state index in [1.54, 1.807) is 0 Å². The second kappa shape index (κ2) is 2.70. The Morgan fingerprint density at radius 3 is 3.00 bits per heavy atom. The molecule has 0 radical (unpaired) electrons. The quantitative estimate of drug-likeness (QED) is 0.681. The van der Waals surface area contributed by atoms with Gasteiger partial charge >= 0.3 is 5.97 Å². The molecule has 0 unspecified atom stereocenters. The summed E-state index contributed by atoms with van der Waals surface area (Å²) in [6.45, 7) is 0. The van der Waals surface area contributed by atoms with Crippen molar-refractivity contribution in [3.8, 4) is 11.5 Å². The summed E-state index contributed by atoms with van der Waals surface area (Å²) < 4.78 is 4.51. The fourth-order valence-electron chi connectivity index (χ4n) is 0.816. The Morgan fingerprint density at radius 1 is 1.62 bits per heavy atom. The summed E-state index contributed by atoms with van der Waals surface area (Å²) in [4.78, 5) is 14.2. The largest absolute Gasteiger partial charge is 0.475 e. The Bertz CT molecular complexity index is 419. The number of carbonyl (C=O) groups is 1. The van der Waals surface area contributed by atoms with Crippen LogP contribution in [0.4, 0.5) is 0 Å².